The number of hydrogen-bond donors (Lipinski definition) is 1. The Morgan fingerprint density at radius 2 is 1.93 bits per heavy atom. The van der Waals surface area contributed by atoms with Gasteiger partial charge in [-0.25, -0.2) is 0 Å². The summed E-state index contributed by atoms with van der Waals surface area (Å²) in [4.78, 5) is 14.9. The second-order valence-corrected chi connectivity index (χ2v) is 6.98. The van der Waals surface area contributed by atoms with Gasteiger partial charge < -0.3 is 10.1 Å². The summed E-state index contributed by atoms with van der Waals surface area (Å²) in [6.45, 7) is 1.34. The average molecular weight is 360 g/mol. The zero-order valence-electron chi connectivity index (χ0n) is 15.5. The highest BCUT2D eigenvalue weighted by atomic mass is 16.5. The van der Waals surface area contributed by atoms with E-state index in [1.165, 1.54) is 16.3 Å². The maximum atomic E-state index is 12.6. The molecule has 4 nitrogen and oxygen atoms in total. The Morgan fingerprint density at radius 1 is 1.11 bits per heavy atom. The first-order valence-electron chi connectivity index (χ1n) is 9.40. The van der Waals surface area contributed by atoms with Crippen molar-refractivity contribution in [1.82, 2.24) is 4.90 Å². The number of amides is 1. The van der Waals surface area contributed by atoms with E-state index in [-0.39, 0.29) is 11.9 Å². The standard InChI is InChI=1S/C23H24N2O2/c1-27-19-10-5-9-18(15-19)24-23(26)16-25-14-6-13-22(25)21-12-4-8-17-7-2-3-11-20(17)21/h2-5,7-12,15,22H,6,13-14,16H2,1H3,(H,24,26)/t22-/m1/s1. The number of hydrogen-bond acceptors (Lipinski definition) is 3. The van der Waals surface area contributed by atoms with Crippen molar-refractivity contribution in [3.8, 4) is 5.75 Å². The van der Waals surface area contributed by atoms with E-state index in [0.29, 0.717) is 6.54 Å². The number of anilines is 1. The molecule has 1 heterocycles. The van der Waals surface area contributed by atoms with E-state index in [1.807, 2.05) is 24.3 Å². The molecule has 0 spiro atoms. The molecule has 1 aliphatic heterocycles. The molecule has 0 bridgehead atoms. The van der Waals surface area contributed by atoms with E-state index >= 15 is 0 Å². The molecule has 4 heteroatoms. The zero-order valence-corrected chi connectivity index (χ0v) is 15.5. The maximum absolute atomic E-state index is 12.6. The zero-order chi connectivity index (χ0) is 18.6. The molecule has 1 saturated heterocycles. The van der Waals surface area contributed by atoms with E-state index < -0.39 is 0 Å². The molecule has 0 aliphatic carbocycles. The molecule has 0 radical (unpaired) electrons. The number of nitrogens with zero attached hydrogens (tertiary/aromatic N) is 1. The Balaban J connectivity index is 1.50. The van der Waals surface area contributed by atoms with Crippen molar-refractivity contribution < 1.29 is 9.53 Å². The van der Waals surface area contributed by atoms with Crippen LogP contribution in [0.5, 0.6) is 5.75 Å². The molecule has 0 unspecified atom stereocenters. The van der Waals surface area contributed by atoms with Gasteiger partial charge in [-0.2, -0.15) is 0 Å². The molecule has 1 N–H and O–H groups in total. The summed E-state index contributed by atoms with van der Waals surface area (Å²) in [7, 11) is 1.62. The summed E-state index contributed by atoms with van der Waals surface area (Å²) in [5.41, 5.74) is 2.08. The molecule has 3 aromatic carbocycles. The van der Waals surface area contributed by atoms with Gasteiger partial charge in [-0.05, 0) is 47.9 Å². The molecule has 0 aromatic heterocycles. The molecule has 1 atom stereocenters. The minimum atomic E-state index is 0.00962. The van der Waals surface area contributed by atoms with Crippen molar-refractivity contribution in [2.24, 2.45) is 0 Å². The fraction of sp³-hybridized carbons (Fsp3) is 0.261. The second-order valence-electron chi connectivity index (χ2n) is 6.98. The third-order valence-electron chi connectivity index (χ3n) is 5.25. The lowest BCUT2D eigenvalue weighted by atomic mass is 9.97. The maximum Gasteiger partial charge on any atom is 0.238 e. The lowest BCUT2D eigenvalue weighted by Crippen LogP contribution is -2.33. The first kappa shape index (κ1) is 17.6. The molecule has 1 amide bonds. The first-order valence-corrected chi connectivity index (χ1v) is 9.40. The molecule has 4 rings (SSSR count). The molecule has 27 heavy (non-hydrogen) atoms. The number of nitrogens with one attached hydrogen (secondary N) is 1. The Labute approximate surface area is 159 Å². The van der Waals surface area contributed by atoms with Crippen molar-refractivity contribution in [3.05, 3.63) is 72.3 Å². The van der Waals surface area contributed by atoms with Crippen molar-refractivity contribution in [1.29, 1.82) is 0 Å². The van der Waals surface area contributed by atoms with E-state index in [1.54, 1.807) is 7.11 Å². The normalized spacial score (nSPS) is 17.1. The van der Waals surface area contributed by atoms with Crippen LogP contribution in [0.1, 0.15) is 24.4 Å². The van der Waals surface area contributed by atoms with Gasteiger partial charge in [0.25, 0.3) is 0 Å². The van der Waals surface area contributed by atoms with Crippen LogP contribution < -0.4 is 10.1 Å². The third kappa shape index (κ3) is 3.81. The Hall–Kier alpha value is -2.85. The fourth-order valence-corrected chi connectivity index (χ4v) is 3.99. The van der Waals surface area contributed by atoms with Crippen LogP contribution in [0.25, 0.3) is 10.8 Å². The van der Waals surface area contributed by atoms with Crippen molar-refractivity contribution in [3.63, 3.8) is 0 Å². The summed E-state index contributed by atoms with van der Waals surface area (Å²) in [5, 5.41) is 5.53. The van der Waals surface area contributed by atoms with E-state index in [2.05, 4.69) is 52.7 Å². The monoisotopic (exact) mass is 360 g/mol. The van der Waals surface area contributed by atoms with Gasteiger partial charge in [-0.3, -0.25) is 9.69 Å². The number of methoxy groups -OCH3 is 1. The Bertz CT molecular complexity index is 949. The van der Waals surface area contributed by atoms with Crippen LogP contribution in [0.15, 0.2) is 66.7 Å². The van der Waals surface area contributed by atoms with Crippen LogP contribution in [0.3, 0.4) is 0 Å². The number of benzene rings is 3. The number of carbonyl (C=O) groups is 1. The summed E-state index contributed by atoms with van der Waals surface area (Å²) in [6, 6.07) is 22.7. The number of fused-ring (bicyclic) bond motifs is 1. The van der Waals surface area contributed by atoms with Crippen molar-refractivity contribution in [2.45, 2.75) is 18.9 Å². The molecule has 0 saturated carbocycles. The quantitative estimate of drug-likeness (QED) is 0.722. The van der Waals surface area contributed by atoms with E-state index in [9.17, 15) is 4.79 Å². The largest absolute Gasteiger partial charge is 0.497 e. The third-order valence-corrected chi connectivity index (χ3v) is 5.25. The van der Waals surface area contributed by atoms with Crippen LogP contribution in [-0.4, -0.2) is 31.0 Å². The number of carbonyl (C=O) groups excluding carboxylic acids is 1. The lowest BCUT2D eigenvalue weighted by Gasteiger charge is -2.25. The minimum Gasteiger partial charge on any atom is -0.497 e. The molecule has 1 aliphatic rings. The first-order chi connectivity index (χ1) is 13.2. The van der Waals surface area contributed by atoms with Crippen molar-refractivity contribution in [2.75, 3.05) is 25.5 Å². The van der Waals surface area contributed by atoms with Crippen LogP contribution >= 0.6 is 0 Å². The van der Waals surface area contributed by atoms with Gasteiger partial charge in [0.2, 0.25) is 5.91 Å². The smallest absolute Gasteiger partial charge is 0.238 e. The molecular weight excluding hydrogens is 336 g/mol. The van der Waals surface area contributed by atoms with Gasteiger partial charge >= 0.3 is 0 Å². The highest BCUT2D eigenvalue weighted by Crippen LogP contribution is 2.35. The predicted octanol–water partition coefficient (Wildman–Crippen LogP) is 4.62. The average Bonchev–Trinajstić information content (AvgIpc) is 3.15. The number of rotatable bonds is 5. The lowest BCUT2D eigenvalue weighted by molar-refractivity contribution is -0.117. The highest BCUT2D eigenvalue weighted by Gasteiger charge is 2.28. The summed E-state index contributed by atoms with van der Waals surface area (Å²) >= 11 is 0. The number of ether oxygens (including phenoxy) is 1. The van der Waals surface area contributed by atoms with Gasteiger partial charge in [-0.15, -0.1) is 0 Å². The molecule has 1 fully saturated rings. The van der Waals surface area contributed by atoms with Gasteiger partial charge in [-0.1, -0.05) is 48.5 Å². The molecular formula is C23H24N2O2. The van der Waals surface area contributed by atoms with E-state index in [0.717, 1.165) is 30.8 Å². The van der Waals surface area contributed by atoms with Gasteiger partial charge in [0.15, 0.2) is 0 Å². The van der Waals surface area contributed by atoms with Crippen LogP contribution in [0, 0.1) is 0 Å². The van der Waals surface area contributed by atoms with Crippen LogP contribution in [-0.2, 0) is 4.79 Å². The Morgan fingerprint density at radius 3 is 2.81 bits per heavy atom. The van der Waals surface area contributed by atoms with Crippen molar-refractivity contribution >= 4 is 22.4 Å². The fourth-order valence-electron chi connectivity index (χ4n) is 3.99. The molecule has 138 valence electrons. The van der Waals surface area contributed by atoms with E-state index in [4.69, 9.17) is 4.74 Å². The minimum absolute atomic E-state index is 0.00962. The van der Waals surface area contributed by atoms with Gasteiger partial charge in [0.05, 0.1) is 13.7 Å². The number of likely N-dealkylation sites (tertiary alicyclic amines) is 1. The Kier molecular flexibility index (Phi) is 5.07. The van der Waals surface area contributed by atoms with Crippen LogP contribution in [0.2, 0.25) is 0 Å². The molecule has 3 aromatic rings. The van der Waals surface area contributed by atoms with Crippen LogP contribution in [0.4, 0.5) is 5.69 Å². The predicted molar refractivity (Wildman–Crippen MR) is 109 cm³/mol. The topological polar surface area (TPSA) is 41.6 Å². The SMILES string of the molecule is COc1cccc(NC(=O)CN2CCC[C@@H]2c2cccc3ccccc23)c1. The summed E-state index contributed by atoms with van der Waals surface area (Å²) in [6.07, 6.45) is 2.20. The second kappa shape index (κ2) is 7.80. The van der Waals surface area contributed by atoms with Gasteiger partial charge in [0.1, 0.15) is 5.75 Å². The van der Waals surface area contributed by atoms with Gasteiger partial charge in [0, 0.05) is 17.8 Å². The summed E-state index contributed by atoms with van der Waals surface area (Å²) < 4.78 is 5.22. The summed E-state index contributed by atoms with van der Waals surface area (Å²) in [5.74, 6) is 0.748. The highest BCUT2D eigenvalue weighted by molar-refractivity contribution is 5.92.